The minimum absolute atomic E-state index is 0.0607. The molecule has 0 spiro atoms. The molecule has 1 atom stereocenters. The van der Waals surface area contributed by atoms with Gasteiger partial charge in [0.25, 0.3) is 5.91 Å². The Bertz CT molecular complexity index is 1090. The molecule has 10 heteroatoms. The smallest absolute Gasteiger partial charge is 0.337 e. The van der Waals surface area contributed by atoms with Gasteiger partial charge in [-0.3, -0.25) is 14.7 Å². The molecule has 0 bridgehead atoms. The van der Waals surface area contributed by atoms with Crippen molar-refractivity contribution in [3.63, 3.8) is 0 Å². The van der Waals surface area contributed by atoms with E-state index in [1.54, 1.807) is 17.2 Å². The Morgan fingerprint density at radius 3 is 2.53 bits per heavy atom. The second-order valence-corrected chi connectivity index (χ2v) is 7.73. The Kier molecular flexibility index (Phi) is 5.96. The molecule has 0 N–H and O–H groups in total. The van der Waals surface area contributed by atoms with Crippen LogP contribution in [0.25, 0.3) is 11.4 Å². The average Bonchev–Trinajstić information content (AvgIpc) is 3.29. The lowest BCUT2D eigenvalue weighted by molar-refractivity contribution is -0.137. The van der Waals surface area contributed by atoms with Gasteiger partial charge in [-0.15, -0.1) is 0 Å². The first-order chi connectivity index (χ1) is 15.2. The molecule has 1 unspecified atom stereocenters. The first-order valence-electron chi connectivity index (χ1n) is 10.2. The number of amides is 1. The molecule has 168 valence electrons. The fourth-order valence-corrected chi connectivity index (χ4v) is 3.60. The summed E-state index contributed by atoms with van der Waals surface area (Å²) < 4.78 is 44.3. The van der Waals surface area contributed by atoms with Gasteiger partial charge in [0, 0.05) is 43.6 Å². The number of benzene rings is 1. The van der Waals surface area contributed by atoms with Gasteiger partial charge < -0.3 is 9.42 Å². The lowest BCUT2D eigenvalue weighted by Crippen LogP contribution is -2.49. The summed E-state index contributed by atoms with van der Waals surface area (Å²) in [5.74, 6) is 0.369. The molecule has 7 nitrogen and oxygen atoms in total. The molecule has 0 aliphatic carbocycles. The summed E-state index contributed by atoms with van der Waals surface area (Å²) in [6.45, 7) is 6.04. The predicted octanol–water partition coefficient (Wildman–Crippen LogP) is 3.98. The lowest BCUT2D eigenvalue weighted by atomic mass is 10.1. The van der Waals surface area contributed by atoms with Crippen LogP contribution in [0.5, 0.6) is 0 Å². The zero-order chi connectivity index (χ0) is 22.9. The number of hydrogen-bond donors (Lipinski definition) is 0. The van der Waals surface area contributed by atoms with Gasteiger partial charge in [0.2, 0.25) is 11.7 Å². The Hall–Kier alpha value is -3.27. The van der Waals surface area contributed by atoms with Crippen LogP contribution in [0, 0.1) is 6.92 Å². The standard InChI is InChI=1S/C22H22F3N5O2/c1-14-6-7-17(13-26-14)21(31)30-10-8-29(9-11-30)15(2)20-27-19(28-32-20)16-4-3-5-18(12-16)22(23,24)25/h3-7,12-13,15H,8-11H2,1-2H3. The molecule has 32 heavy (non-hydrogen) atoms. The highest BCUT2D eigenvalue weighted by Gasteiger charge is 2.31. The number of halogens is 3. The zero-order valence-corrected chi connectivity index (χ0v) is 17.6. The minimum atomic E-state index is -4.44. The number of aryl methyl sites for hydroxylation is 1. The van der Waals surface area contributed by atoms with Gasteiger partial charge in [-0.25, -0.2) is 0 Å². The summed E-state index contributed by atoms with van der Waals surface area (Å²) >= 11 is 0. The van der Waals surface area contributed by atoms with E-state index in [1.165, 1.54) is 12.1 Å². The van der Waals surface area contributed by atoms with Crippen molar-refractivity contribution in [3.8, 4) is 11.4 Å². The van der Waals surface area contributed by atoms with Crippen LogP contribution in [0.15, 0.2) is 47.1 Å². The molecule has 1 aliphatic rings. The maximum atomic E-state index is 13.0. The maximum Gasteiger partial charge on any atom is 0.416 e. The van der Waals surface area contributed by atoms with E-state index in [4.69, 9.17) is 4.52 Å². The normalized spacial score (nSPS) is 16.2. The summed E-state index contributed by atoms with van der Waals surface area (Å²) in [7, 11) is 0. The van der Waals surface area contributed by atoms with Gasteiger partial charge in [-0.05, 0) is 38.1 Å². The van der Waals surface area contributed by atoms with Gasteiger partial charge >= 0.3 is 6.18 Å². The van der Waals surface area contributed by atoms with E-state index in [2.05, 4.69) is 20.0 Å². The monoisotopic (exact) mass is 445 g/mol. The maximum absolute atomic E-state index is 13.0. The van der Waals surface area contributed by atoms with E-state index in [0.29, 0.717) is 37.6 Å². The Morgan fingerprint density at radius 2 is 1.88 bits per heavy atom. The van der Waals surface area contributed by atoms with E-state index < -0.39 is 11.7 Å². The zero-order valence-electron chi connectivity index (χ0n) is 17.6. The van der Waals surface area contributed by atoms with E-state index in [1.807, 2.05) is 19.9 Å². The number of piperazine rings is 1. The fraction of sp³-hybridized carbons (Fsp3) is 0.364. The number of aromatic nitrogens is 3. The van der Waals surface area contributed by atoms with Gasteiger partial charge in [0.05, 0.1) is 17.2 Å². The van der Waals surface area contributed by atoms with Gasteiger partial charge in [0.1, 0.15) is 0 Å². The van der Waals surface area contributed by atoms with Crippen LogP contribution in [0.2, 0.25) is 0 Å². The van der Waals surface area contributed by atoms with Crippen molar-refractivity contribution in [1.82, 2.24) is 24.9 Å². The van der Waals surface area contributed by atoms with Gasteiger partial charge in [-0.2, -0.15) is 18.2 Å². The minimum Gasteiger partial charge on any atom is -0.337 e. The van der Waals surface area contributed by atoms with E-state index in [0.717, 1.165) is 17.8 Å². The summed E-state index contributed by atoms with van der Waals surface area (Å²) in [5, 5.41) is 3.86. The molecule has 0 radical (unpaired) electrons. The molecular weight excluding hydrogens is 423 g/mol. The van der Waals surface area contributed by atoms with Crippen LogP contribution in [0.3, 0.4) is 0 Å². The van der Waals surface area contributed by atoms with Crippen molar-refractivity contribution in [2.75, 3.05) is 26.2 Å². The fourth-order valence-electron chi connectivity index (χ4n) is 3.60. The van der Waals surface area contributed by atoms with Crippen molar-refractivity contribution < 1.29 is 22.5 Å². The first kappa shape index (κ1) is 21.9. The number of hydrogen-bond acceptors (Lipinski definition) is 6. The van der Waals surface area contributed by atoms with Crippen LogP contribution in [-0.4, -0.2) is 57.0 Å². The highest BCUT2D eigenvalue weighted by atomic mass is 19.4. The number of carbonyl (C=O) groups excluding carboxylic acids is 1. The second-order valence-electron chi connectivity index (χ2n) is 7.73. The molecule has 0 saturated carbocycles. The number of nitrogens with zero attached hydrogens (tertiary/aromatic N) is 5. The molecule has 3 aromatic rings. The molecule has 1 aliphatic heterocycles. The van der Waals surface area contributed by atoms with Crippen molar-refractivity contribution in [3.05, 3.63) is 65.3 Å². The SMILES string of the molecule is Cc1ccc(C(=O)N2CCN(C(C)c3nc(-c4cccc(C(F)(F)F)c4)no3)CC2)cn1. The molecule has 1 saturated heterocycles. The molecule has 1 fully saturated rings. The third kappa shape index (κ3) is 4.64. The first-order valence-corrected chi connectivity index (χ1v) is 10.2. The van der Waals surface area contributed by atoms with Crippen LogP contribution < -0.4 is 0 Å². The summed E-state index contributed by atoms with van der Waals surface area (Å²) in [6.07, 6.45) is -2.86. The second kappa shape index (κ2) is 8.70. The summed E-state index contributed by atoms with van der Waals surface area (Å²) in [4.78, 5) is 25.0. The predicted molar refractivity (Wildman–Crippen MR) is 110 cm³/mol. The average molecular weight is 445 g/mol. The third-order valence-corrected chi connectivity index (χ3v) is 5.55. The molecule has 4 rings (SSSR count). The number of alkyl halides is 3. The Balaban J connectivity index is 1.40. The van der Waals surface area contributed by atoms with Crippen LogP contribution >= 0.6 is 0 Å². The highest BCUT2D eigenvalue weighted by Crippen LogP contribution is 2.32. The quantitative estimate of drug-likeness (QED) is 0.605. The topological polar surface area (TPSA) is 75.4 Å². The van der Waals surface area contributed by atoms with Crippen LogP contribution in [0.1, 0.15) is 40.5 Å². The van der Waals surface area contributed by atoms with Crippen LogP contribution in [-0.2, 0) is 6.18 Å². The Labute approximate surface area is 182 Å². The number of carbonyl (C=O) groups is 1. The van der Waals surface area contributed by atoms with Crippen LogP contribution in [0.4, 0.5) is 13.2 Å². The molecule has 1 amide bonds. The van der Waals surface area contributed by atoms with E-state index in [9.17, 15) is 18.0 Å². The number of pyridine rings is 1. The van der Waals surface area contributed by atoms with Crippen molar-refractivity contribution in [2.24, 2.45) is 0 Å². The highest BCUT2D eigenvalue weighted by molar-refractivity contribution is 5.94. The molecular formula is C22H22F3N5O2. The lowest BCUT2D eigenvalue weighted by Gasteiger charge is -2.36. The Morgan fingerprint density at radius 1 is 1.12 bits per heavy atom. The van der Waals surface area contributed by atoms with Crippen molar-refractivity contribution in [2.45, 2.75) is 26.1 Å². The third-order valence-electron chi connectivity index (χ3n) is 5.55. The van der Waals surface area contributed by atoms with Gasteiger partial charge in [0.15, 0.2) is 0 Å². The summed E-state index contributed by atoms with van der Waals surface area (Å²) in [6, 6.07) is 8.18. The van der Waals surface area contributed by atoms with Crippen molar-refractivity contribution >= 4 is 5.91 Å². The van der Waals surface area contributed by atoms with Crippen molar-refractivity contribution in [1.29, 1.82) is 0 Å². The molecule has 2 aromatic heterocycles. The number of rotatable bonds is 4. The largest absolute Gasteiger partial charge is 0.416 e. The summed E-state index contributed by atoms with van der Waals surface area (Å²) in [5.41, 5.74) is 0.882. The molecule has 1 aromatic carbocycles. The van der Waals surface area contributed by atoms with Gasteiger partial charge in [-0.1, -0.05) is 17.3 Å². The van der Waals surface area contributed by atoms with E-state index in [-0.39, 0.29) is 23.3 Å². The molecule has 3 heterocycles. The van der Waals surface area contributed by atoms with E-state index >= 15 is 0 Å².